The summed E-state index contributed by atoms with van der Waals surface area (Å²) in [5.41, 5.74) is 13.1. The number of carbonyl (C=O) groups excluding carboxylic acids is 1. The first kappa shape index (κ1) is 14.8. The molecule has 1 aliphatic rings. The first-order valence-electron chi connectivity index (χ1n) is 6.43. The van der Waals surface area contributed by atoms with Crippen LogP contribution in [0.15, 0.2) is 5.11 Å². The monoisotopic (exact) mass is 254 g/mol. The molecule has 1 amide bonds. The van der Waals surface area contributed by atoms with Crippen LogP contribution in [0.1, 0.15) is 26.2 Å². The Labute approximate surface area is 107 Å². The Kier molecular flexibility index (Phi) is 5.91. The summed E-state index contributed by atoms with van der Waals surface area (Å²) in [6.07, 6.45) is 2.56. The Hall–Kier alpha value is -1.30. The Morgan fingerprint density at radius 2 is 2.22 bits per heavy atom. The van der Waals surface area contributed by atoms with Crippen LogP contribution in [0.2, 0.25) is 0 Å². The third-order valence-corrected chi connectivity index (χ3v) is 3.46. The fourth-order valence-electron chi connectivity index (χ4n) is 2.37. The van der Waals surface area contributed by atoms with Crippen molar-refractivity contribution in [1.82, 2.24) is 10.2 Å². The molecule has 1 rings (SSSR count). The molecular formula is C11H22N6O. The van der Waals surface area contributed by atoms with Crippen LogP contribution < -0.4 is 11.1 Å². The fraction of sp³-hybridized carbons (Fsp3) is 0.909. The molecule has 0 radical (unpaired) electrons. The summed E-state index contributed by atoms with van der Waals surface area (Å²) in [6, 6.07) is 0. The Morgan fingerprint density at radius 3 is 2.72 bits per heavy atom. The van der Waals surface area contributed by atoms with Gasteiger partial charge in [-0.05, 0) is 31.3 Å². The topological polar surface area (TPSA) is 107 Å². The number of hydrogen-bond donors (Lipinski definition) is 2. The second-order valence-electron chi connectivity index (χ2n) is 4.67. The first-order chi connectivity index (χ1) is 8.64. The summed E-state index contributed by atoms with van der Waals surface area (Å²) in [4.78, 5) is 16.7. The van der Waals surface area contributed by atoms with Crippen LogP contribution in [0.3, 0.4) is 0 Å². The molecule has 1 heterocycles. The van der Waals surface area contributed by atoms with E-state index >= 15 is 0 Å². The summed E-state index contributed by atoms with van der Waals surface area (Å²) in [5, 5.41) is 6.61. The lowest BCUT2D eigenvalue weighted by Crippen LogP contribution is -2.61. The van der Waals surface area contributed by atoms with Crippen molar-refractivity contribution < 1.29 is 4.79 Å². The second kappa shape index (κ2) is 7.20. The predicted molar refractivity (Wildman–Crippen MR) is 69.9 cm³/mol. The molecule has 1 fully saturated rings. The zero-order valence-electron chi connectivity index (χ0n) is 10.9. The van der Waals surface area contributed by atoms with Gasteiger partial charge in [0.05, 0.1) is 0 Å². The zero-order chi connectivity index (χ0) is 13.4. The van der Waals surface area contributed by atoms with Gasteiger partial charge in [0.1, 0.15) is 5.54 Å². The van der Waals surface area contributed by atoms with Crippen molar-refractivity contribution in [3.05, 3.63) is 10.4 Å². The lowest BCUT2D eigenvalue weighted by Gasteiger charge is -2.40. The minimum Gasteiger partial charge on any atom is -0.368 e. The highest BCUT2D eigenvalue weighted by atomic mass is 16.1. The quantitative estimate of drug-likeness (QED) is 0.301. The molecule has 3 N–H and O–H groups in total. The van der Waals surface area contributed by atoms with Crippen molar-refractivity contribution in [3.8, 4) is 0 Å². The van der Waals surface area contributed by atoms with Gasteiger partial charge in [0.25, 0.3) is 0 Å². The Balaban J connectivity index is 2.50. The van der Waals surface area contributed by atoms with Crippen molar-refractivity contribution in [2.75, 3.05) is 32.7 Å². The van der Waals surface area contributed by atoms with Crippen molar-refractivity contribution in [2.45, 2.75) is 31.7 Å². The highest BCUT2D eigenvalue weighted by molar-refractivity contribution is 5.84. The van der Waals surface area contributed by atoms with Crippen LogP contribution in [0.25, 0.3) is 10.4 Å². The van der Waals surface area contributed by atoms with E-state index in [4.69, 9.17) is 11.3 Å². The van der Waals surface area contributed by atoms with Gasteiger partial charge in [-0.2, -0.15) is 0 Å². The molecular weight excluding hydrogens is 232 g/mol. The average molecular weight is 254 g/mol. The zero-order valence-corrected chi connectivity index (χ0v) is 10.9. The van der Waals surface area contributed by atoms with Crippen LogP contribution in [-0.2, 0) is 4.79 Å². The maximum Gasteiger partial charge on any atom is 0.237 e. The summed E-state index contributed by atoms with van der Waals surface area (Å²) in [6.45, 7) is 5.79. The van der Waals surface area contributed by atoms with Crippen LogP contribution in [0.5, 0.6) is 0 Å². The number of piperidine rings is 1. The number of amides is 1. The molecule has 0 aromatic rings. The van der Waals surface area contributed by atoms with E-state index in [1.807, 2.05) is 0 Å². The van der Waals surface area contributed by atoms with Gasteiger partial charge in [0, 0.05) is 31.1 Å². The van der Waals surface area contributed by atoms with E-state index in [0.29, 0.717) is 13.1 Å². The number of rotatable bonds is 7. The number of likely N-dealkylation sites (tertiary alicyclic amines) is 1. The molecule has 0 bridgehead atoms. The molecule has 7 nitrogen and oxygen atoms in total. The number of nitrogens with one attached hydrogen (secondary N) is 1. The summed E-state index contributed by atoms with van der Waals surface area (Å²) in [7, 11) is 0. The lowest BCUT2D eigenvalue weighted by atomic mass is 9.86. The van der Waals surface area contributed by atoms with Gasteiger partial charge < -0.3 is 16.0 Å². The van der Waals surface area contributed by atoms with Crippen LogP contribution in [0.4, 0.5) is 0 Å². The average Bonchev–Trinajstić information content (AvgIpc) is 2.37. The molecule has 0 aromatic heterocycles. The van der Waals surface area contributed by atoms with E-state index in [2.05, 4.69) is 27.2 Å². The molecule has 0 spiro atoms. The number of azide groups is 1. The summed E-state index contributed by atoms with van der Waals surface area (Å²) >= 11 is 0. The van der Waals surface area contributed by atoms with Gasteiger partial charge in [-0.25, -0.2) is 0 Å². The summed E-state index contributed by atoms with van der Waals surface area (Å²) in [5.74, 6) is -0.306. The minimum absolute atomic E-state index is 0.306. The van der Waals surface area contributed by atoms with Crippen LogP contribution in [0, 0.1) is 0 Å². The third kappa shape index (κ3) is 3.87. The van der Waals surface area contributed by atoms with E-state index in [0.717, 1.165) is 38.9 Å². The SMILES string of the molecule is CCCN1CCC(NCCN=[N+]=[N-])(C(N)=O)CC1. The highest BCUT2D eigenvalue weighted by Crippen LogP contribution is 2.22. The molecule has 18 heavy (non-hydrogen) atoms. The molecule has 1 saturated heterocycles. The largest absolute Gasteiger partial charge is 0.368 e. The van der Waals surface area contributed by atoms with Gasteiger partial charge in [0.15, 0.2) is 0 Å². The molecule has 1 aliphatic heterocycles. The second-order valence-corrected chi connectivity index (χ2v) is 4.67. The number of nitrogens with zero attached hydrogens (tertiary/aromatic N) is 4. The van der Waals surface area contributed by atoms with Crippen LogP contribution in [-0.4, -0.2) is 49.1 Å². The maximum atomic E-state index is 11.6. The van der Waals surface area contributed by atoms with E-state index in [1.54, 1.807) is 0 Å². The van der Waals surface area contributed by atoms with Crippen molar-refractivity contribution in [1.29, 1.82) is 0 Å². The highest BCUT2D eigenvalue weighted by Gasteiger charge is 2.38. The normalized spacial score (nSPS) is 19.2. The van der Waals surface area contributed by atoms with E-state index in [-0.39, 0.29) is 5.91 Å². The number of carbonyl (C=O) groups is 1. The van der Waals surface area contributed by atoms with Gasteiger partial charge >= 0.3 is 0 Å². The van der Waals surface area contributed by atoms with Crippen molar-refractivity contribution >= 4 is 5.91 Å². The molecule has 102 valence electrons. The smallest absolute Gasteiger partial charge is 0.237 e. The third-order valence-electron chi connectivity index (χ3n) is 3.46. The van der Waals surface area contributed by atoms with Gasteiger partial charge in [-0.3, -0.25) is 4.79 Å². The number of hydrogen-bond acceptors (Lipinski definition) is 4. The lowest BCUT2D eigenvalue weighted by molar-refractivity contribution is -0.126. The van der Waals surface area contributed by atoms with Crippen molar-refractivity contribution in [2.24, 2.45) is 10.8 Å². The standard InChI is InChI=1S/C11H22N6O/c1-2-7-17-8-3-11(4-9-17,10(12)18)14-5-6-15-16-13/h14H,2-9H2,1H3,(H2,12,18). The van der Waals surface area contributed by atoms with E-state index < -0.39 is 5.54 Å². The van der Waals surface area contributed by atoms with Gasteiger partial charge in [0.2, 0.25) is 5.91 Å². The van der Waals surface area contributed by atoms with Crippen LogP contribution >= 0.6 is 0 Å². The number of primary amides is 1. The molecule has 0 atom stereocenters. The maximum absolute atomic E-state index is 11.6. The van der Waals surface area contributed by atoms with Gasteiger partial charge in [-0.1, -0.05) is 12.0 Å². The van der Waals surface area contributed by atoms with E-state index in [9.17, 15) is 4.79 Å². The molecule has 7 heteroatoms. The minimum atomic E-state index is -0.630. The van der Waals surface area contributed by atoms with Crippen molar-refractivity contribution in [3.63, 3.8) is 0 Å². The number of nitrogens with two attached hydrogens (primary N) is 1. The Morgan fingerprint density at radius 1 is 1.56 bits per heavy atom. The molecule has 0 aliphatic carbocycles. The molecule has 0 saturated carbocycles. The van der Waals surface area contributed by atoms with E-state index in [1.165, 1.54) is 0 Å². The Bertz CT molecular complexity index is 317. The van der Waals surface area contributed by atoms with Gasteiger partial charge in [-0.15, -0.1) is 0 Å². The predicted octanol–water partition coefficient (Wildman–Crippen LogP) is 0.616. The molecule has 0 aromatic carbocycles. The fourth-order valence-corrected chi connectivity index (χ4v) is 2.37. The summed E-state index contributed by atoms with van der Waals surface area (Å²) < 4.78 is 0. The first-order valence-corrected chi connectivity index (χ1v) is 6.43. The molecule has 0 unspecified atom stereocenters.